The number of carboxylic acids is 1. The van der Waals surface area contributed by atoms with E-state index >= 15 is 0 Å². The van der Waals surface area contributed by atoms with E-state index in [2.05, 4.69) is 5.10 Å². The van der Waals surface area contributed by atoms with Crippen molar-refractivity contribution in [1.82, 2.24) is 19.7 Å². The smallest absolute Gasteiger partial charge is 0.345 e. The molecule has 146 valence electrons. The van der Waals surface area contributed by atoms with E-state index in [0.717, 1.165) is 5.56 Å². The van der Waals surface area contributed by atoms with Gasteiger partial charge in [-0.3, -0.25) is 14.3 Å². The summed E-state index contributed by atoms with van der Waals surface area (Å²) < 4.78 is 6.07. The number of benzene rings is 1. The number of nitrogens with zero attached hydrogens (tertiary/aromatic N) is 4. The van der Waals surface area contributed by atoms with E-state index in [1.807, 2.05) is 30.3 Å². The second-order valence-electron chi connectivity index (χ2n) is 6.50. The zero-order valence-corrected chi connectivity index (χ0v) is 15.0. The number of aliphatic carboxylic acids is 1. The highest BCUT2D eigenvalue weighted by molar-refractivity contribution is 5.87. The summed E-state index contributed by atoms with van der Waals surface area (Å²) in [5, 5.41) is 14.5. The van der Waals surface area contributed by atoms with Crippen LogP contribution in [0.1, 0.15) is 28.9 Å². The number of methoxy groups -OCH3 is 1. The van der Waals surface area contributed by atoms with Crippen molar-refractivity contribution in [2.75, 3.05) is 13.7 Å². The maximum Gasteiger partial charge on any atom is 0.345 e. The van der Waals surface area contributed by atoms with Gasteiger partial charge in [0.15, 0.2) is 6.04 Å². The molecule has 1 saturated heterocycles. The van der Waals surface area contributed by atoms with Crippen LogP contribution in [0, 0.1) is 0 Å². The minimum Gasteiger partial charge on any atom is -0.480 e. The van der Waals surface area contributed by atoms with E-state index in [9.17, 15) is 14.4 Å². The van der Waals surface area contributed by atoms with Gasteiger partial charge in [-0.2, -0.15) is 10.2 Å². The van der Waals surface area contributed by atoms with Gasteiger partial charge in [-0.25, -0.2) is 9.59 Å². The molecule has 1 aromatic heterocycles. The molecule has 3 heterocycles. The first-order valence-corrected chi connectivity index (χ1v) is 8.63. The molecular formula is C18H18N4O6. The number of carbonyl (C=O) groups excluding carboxylic acids is 2. The van der Waals surface area contributed by atoms with Gasteiger partial charge >= 0.3 is 18.0 Å². The van der Waals surface area contributed by atoms with Crippen LogP contribution in [0.3, 0.4) is 0 Å². The maximum atomic E-state index is 12.9. The Morgan fingerprint density at radius 3 is 2.71 bits per heavy atom. The van der Waals surface area contributed by atoms with Crippen molar-refractivity contribution < 1.29 is 29.1 Å². The average Bonchev–Trinajstić information content (AvgIpc) is 3.21. The third-order valence-electron chi connectivity index (χ3n) is 4.85. The number of carboxylic acid groups (broad SMARTS) is 1. The number of urea groups is 1. The Balaban J connectivity index is 1.68. The number of rotatable bonds is 6. The van der Waals surface area contributed by atoms with Crippen molar-refractivity contribution in [3.05, 3.63) is 53.3 Å². The van der Waals surface area contributed by atoms with E-state index in [0.29, 0.717) is 11.3 Å². The minimum absolute atomic E-state index is 0.179. The van der Waals surface area contributed by atoms with Crippen LogP contribution in [-0.2, 0) is 32.3 Å². The molecule has 0 spiro atoms. The average molecular weight is 386 g/mol. The first-order valence-electron chi connectivity index (χ1n) is 8.63. The zero-order valence-electron chi connectivity index (χ0n) is 15.0. The number of hydrogen-bond donors (Lipinski definition) is 1. The van der Waals surface area contributed by atoms with Crippen LogP contribution in [0.2, 0.25) is 0 Å². The summed E-state index contributed by atoms with van der Waals surface area (Å²) in [6.45, 7) is -0.0278. The largest absolute Gasteiger partial charge is 0.480 e. The SMILES string of the molecule is COC(=O)[C@@H]1c2c(cnn2CC(=O)O)[C@H]2CN1C(=O)N2OCc1ccccc1. The molecule has 1 fully saturated rings. The first kappa shape index (κ1) is 18.0. The lowest BCUT2D eigenvalue weighted by molar-refractivity contribution is -0.147. The number of hydroxylamine groups is 2. The number of aromatic nitrogens is 2. The van der Waals surface area contributed by atoms with Gasteiger partial charge in [0.2, 0.25) is 0 Å². The van der Waals surface area contributed by atoms with Crippen molar-refractivity contribution in [2.45, 2.75) is 25.2 Å². The molecular weight excluding hydrogens is 368 g/mol. The zero-order chi connectivity index (χ0) is 19.8. The van der Waals surface area contributed by atoms with E-state index < -0.39 is 36.6 Å². The van der Waals surface area contributed by atoms with Crippen molar-refractivity contribution >= 4 is 18.0 Å². The van der Waals surface area contributed by atoms with Crippen LogP contribution in [0.15, 0.2) is 36.5 Å². The number of amides is 2. The van der Waals surface area contributed by atoms with Crippen LogP contribution in [0.25, 0.3) is 0 Å². The highest BCUT2D eigenvalue weighted by atomic mass is 16.7. The Labute approximate surface area is 159 Å². The number of ether oxygens (including phenoxy) is 1. The van der Waals surface area contributed by atoms with Crippen LogP contribution >= 0.6 is 0 Å². The summed E-state index contributed by atoms with van der Waals surface area (Å²) >= 11 is 0. The monoisotopic (exact) mass is 386 g/mol. The molecule has 2 bridgehead atoms. The fourth-order valence-corrected chi connectivity index (χ4v) is 3.62. The third kappa shape index (κ3) is 2.87. The highest BCUT2D eigenvalue weighted by Crippen LogP contribution is 2.44. The number of esters is 1. The molecule has 4 rings (SSSR count). The van der Waals surface area contributed by atoms with Gasteiger partial charge in [0.25, 0.3) is 0 Å². The summed E-state index contributed by atoms with van der Waals surface area (Å²) in [5.74, 6) is -1.77. The van der Waals surface area contributed by atoms with Gasteiger partial charge in [-0.1, -0.05) is 30.3 Å². The lowest BCUT2D eigenvalue weighted by atomic mass is 9.98. The molecule has 1 N–H and O–H groups in total. The summed E-state index contributed by atoms with van der Waals surface area (Å²) in [4.78, 5) is 43.6. The Kier molecular flexibility index (Phi) is 4.47. The van der Waals surface area contributed by atoms with Gasteiger partial charge < -0.3 is 14.7 Å². The molecule has 0 aliphatic carbocycles. The Morgan fingerprint density at radius 2 is 2.04 bits per heavy atom. The van der Waals surface area contributed by atoms with Crippen LogP contribution < -0.4 is 0 Å². The number of carbonyl (C=O) groups is 3. The predicted molar refractivity (Wildman–Crippen MR) is 92.5 cm³/mol. The molecule has 2 aliphatic rings. The van der Waals surface area contributed by atoms with Gasteiger partial charge in [0, 0.05) is 5.56 Å². The van der Waals surface area contributed by atoms with Gasteiger partial charge in [-0.15, -0.1) is 0 Å². The summed E-state index contributed by atoms with van der Waals surface area (Å²) in [6.07, 6.45) is 1.48. The molecule has 2 aromatic rings. The second kappa shape index (κ2) is 6.97. The van der Waals surface area contributed by atoms with E-state index in [1.165, 1.54) is 28.0 Å². The Morgan fingerprint density at radius 1 is 1.29 bits per heavy atom. The van der Waals surface area contributed by atoms with Crippen LogP contribution in [-0.4, -0.2) is 56.5 Å². The van der Waals surface area contributed by atoms with Crippen molar-refractivity contribution in [3.8, 4) is 0 Å². The van der Waals surface area contributed by atoms with Crippen LogP contribution in [0.5, 0.6) is 0 Å². The van der Waals surface area contributed by atoms with E-state index in [4.69, 9.17) is 14.7 Å². The molecule has 28 heavy (non-hydrogen) atoms. The number of hydrogen-bond acceptors (Lipinski definition) is 6. The molecule has 0 unspecified atom stereocenters. The van der Waals surface area contributed by atoms with Crippen LogP contribution in [0.4, 0.5) is 4.79 Å². The first-order chi connectivity index (χ1) is 13.5. The fourth-order valence-electron chi connectivity index (χ4n) is 3.62. The predicted octanol–water partition coefficient (Wildman–Crippen LogP) is 1.11. The van der Waals surface area contributed by atoms with Gasteiger partial charge in [0.1, 0.15) is 19.2 Å². The van der Waals surface area contributed by atoms with Crippen molar-refractivity contribution in [3.63, 3.8) is 0 Å². The molecule has 1 aromatic carbocycles. The standard InChI is InChI=1S/C18H18N4O6/c1-27-17(25)16-15-12(7-19-21(15)9-14(23)24)13-8-20(16)18(26)22(13)28-10-11-5-3-2-4-6-11/h2-7,13,16H,8-10H2,1H3,(H,23,24)/t13-,16+/m1/s1. The topological polar surface area (TPSA) is 114 Å². The lowest BCUT2D eigenvalue weighted by Crippen LogP contribution is -2.40. The minimum atomic E-state index is -1.11. The van der Waals surface area contributed by atoms with E-state index in [-0.39, 0.29) is 13.2 Å². The van der Waals surface area contributed by atoms with Gasteiger partial charge in [-0.05, 0) is 5.56 Å². The van der Waals surface area contributed by atoms with Crippen molar-refractivity contribution in [2.24, 2.45) is 0 Å². The normalized spacial score (nSPS) is 20.2. The Hall–Kier alpha value is -3.40. The summed E-state index contributed by atoms with van der Waals surface area (Å²) in [5.41, 5.74) is 1.80. The maximum absolute atomic E-state index is 12.9. The lowest BCUT2D eigenvalue weighted by Gasteiger charge is -2.29. The third-order valence-corrected chi connectivity index (χ3v) is 4.85. The molecule has 2 amide bonds. The molecule has 0 radical (unpaired) electrons. The molecule has 2 aliphatic heterocycles. The molecule has 10 heteroatoms. The van der Waals surface area contributed by atoms with E-state index in [1.54, 1.807) is 0 Å². The fraction of sp³-hybridized carbons (Fsp3) is 0.333. The summed E-state index contributed by atoms with van der Waals surface area (Å²) in [7, 11) is 1.22. The Bertz CT molecular complexity index is 927. The summed E-state index contributed by atoms with van der Waals surface area (Å²) in [6, 6.07) is 7.33. The molecule has 0 saturated carbocycles. The molecule has 10 nitrogen and oxygen atoms in total. The second-order valence-corrected chi connectivity index (χ2v) is 6.50. The highest BCUT2D eigenvalue weighted by Gasteiger charge is 2.53. The molecule has 2 atom stereocenters. The van der Waals surface area contributed by atoms with Gasteiger partial charge in [0.05, 0.1) is 25.5 Å². The number of fused-ring (bicyclic) bond motifs is 4. The van der Waals surface area contributed by atoms with Crippen molar-refractivity contribution in [1.29, 1.82) is 0 Å². The quantitative estimate of drug-likeness (QED) is 0.740.